The normalized spacial score (nSPS) is 12.0. The van der Waals surface area contributed by atoms with Crippen LogP contribution in [0.15, 0.2) is 84.0 Å². The molecule has 0 amide bonds. The first-order valence-electron chi connectivity index (χ1n) is 11.6. The van der Waals surface area contributed by atoms with Gasteiger partial charge in [0.25, 0.3) is 12.1 Å². The van der Waals surface area contributed by atoms with Crippen molar-refractivity contribution in [3.8, 4) is 11.8 Å². The number of rotatable bonds is 9. The standard InChI is InChI=1S/C25H17F6N7O4/c26-24(27,28)20(25(29,30)31)42-23-34-21(36-32-14-15-8-7-13-18(19(15)39)38(40)41)33-22(35-23)37(16-9-3-1-4-10-16)17-11-5-2-6-12-17/h1-14,20,39H,(H,33,34,35,36). The molecule has 0 fully saturated rings. The smallest absolute Gasteiger partial charge is 0.434 e. The number of nitrogens with zero attached hydrogens (tertiary/aromatic N) is 6. The van der Waals surface area contributed by atoms with Gasteiger partial charge < -0.3 is 9.84 Å². The largest absolute Gasteiger partial charge is 0.502 e. The van der Waals surface area contributed by atoms with Gasteiger partial charge in [-0.3, -0.25) is 15.0 Å². The maximum absolute atomic E-state index is 13.3. The first-order valence-corrected chi connectivity index (χ1v) is 11.6. The highest BCUT2D eigenvalue weighted by molar-refractivity contribution is 5.86. The van der Waals surface area contributed by atoms with Crippen molar-refractivity contribution < 1.29 is 41.1 Å². The summed E-state index contributed by atoms with van der Waals surface area (Å²) >= 11 is 0. The van der Waals surface area contributed by atoms with Crippen LogP contribution in [0.4, 0.5) is 55.3 Å². The van der Waals surface area contributed by atoms with E-state index in [4.69, 9.17) is 0 Å². The number of halogens is 6. The zero-order chi connectivity index (χ0) is 30.5. The van der Waals surface area contributed by atoms with Gasteiger partial charge in [0.2, 0.25) is 11.7 Å². The van der Waals surface area contributed by atoms with Crippen LogP contribution in [0.25, 0.3) is 0 Å². The molecule has 218 valence electrons. The van der Waals surface area contributed by atoms with Crippen molar-refractivity contribution in [3.63, 3.8) is 0 Å². The maximum Gasteiger partial charge on any atom is 0.434 e. The van der Waals surface area contributed by atoms with Crippen molar-refractivity contribution in [3.05, 3.63) is 94.5 Å². The number of hydrogen-bond donors (Lipinski definition) is 2. The van der Waals surface area contributed by atoms with Gasteiger partial charge in [-0.1, -0.05) is 42.5 Å². The number of alkyl halides is 6. The van der Waals surface area contributed by atoms with E-state index in [1.807, 2.05) is 0 Å². The van der Waals surface area contributed by atoms with Crippen LogP contribution in [0, 0.1) is 10.1 Å². The number of phenolic OH excluding ortho intramolecular Hbond substituents is 1. The van der Waals surface area contributed by atoms with Gasteiger partial charge in [0.05, 0.1) is 11.1 Å². The molecule has 0 bridgehead atoms. The van der Waals surface area contributed by atoms with E-state index in [1.165, 1.54) is 17.0 Å². The van der Waals surface area contributed by atoms with Gasteiger partial charge in [-0.05, 0) is 30.3 Å². The Bertz CT molecular complexity index is 1520. The molecule has 0 spiro atoms. The Labute approximate surface area is 231 Å². The number of hydrogen-bond acceptors (Lipinski definition) is 10. The summed E-state index contributed by atoms with van der Waals surface area (Å²) in [4.78, 5) is 22.8. The quantitative estimate of drug-likeness (QED) is 0.0994. The molecular formula is C25H17F6N7O4. The van der Waals surface area contributed by atoms with Crippen molar-refractivity contribution in [2.45, 2.75) is 18.5 Å². The number of anilines is 4. The molecule has 0 saturated heterocycles. The van der Waals surface area contributed by atoms with Crippen molar-refractivity contribution in [1.82, 2.24) is 15.0 Å². The average Bonchev–Trinajstić information content (AvgIpc) is 2.93. The third kappa shape index (κ3) is 6.98. The molecule has 4 aromatic rings. The zero-order valence-corrected chi connectivity index (χ0v) is 20.8. The number of aromatic nitrogens is 3. The molecule has 0 radical (unpaired) electrons. The van der Waals surface area contributed by atoms with E-state index in [0.29, 0.717) is 11.4 Å². The zero-order valence-electron chi connectivity index (χ0n) is 20.8. The van der Waals surface area contributed by atoms with Crippen LogP contribution in [0.2, 0.25) is 0 Å². The molecule has 1 aromatic heterocycles. The number of benzene rings is 3. The highest BCUT2D eigenvalue weighted by atomic mass is 19.4. The molecule has 0 aliphatic heterocycles. The number of para-hydroxylation sites is 3. The number of aromatic hydroxyl groups is 1. The molecule has 1 heterocycles. The lowest BCUT2D eigenvalue weighted by atomic mass is 10.2. The van der Waals surface area contributed by atoms with E-state index in [2.05, 4.69) is 30.2 Å². The van der Waals surface area contributed by atoms with Crippen LogP contribution in [-0.2, 0) is 0 Å². The van der Waals surface area contributed by atoms with Gasteiger partial charge in [-0.25, -0.2) is 5.43 Å². The number of nitro groups is 1. The molecule has 11 nitrogen and oxygen atoms in total. The van der Waals surface area contributed by atoms with Gasteiger partial charge in [0.15, 0.2) is 0 Å². The van der Waals surface area contributed by atoms with E-state index in [0.717, 1.165) is 12.3 Å². The Balaban J connectivity index is 1.80. The second-order valence-corrected chi connectivity index (χ2v) is 8.17. The van der Waals surface area contributed by atoms with Gasteiger partial charge in [-0.15, -0.1) is 0 Å². The minimum atomic E-state index is -5.87. The number of ether oxygens (including phenoxy) is 1. The lowest BCUT2D eigenvalue weighted by Gasteiger charge is -2.25. The molecular weight excluding hydrogens is 576 g/mol. The van der Waals surface area contributed by atoms with Crippen molar-refractivity contribution >= 4 is 35.2 Å². The average molecular weight is 593 g/mol. The second kappa shape index (κ2) is 11.9. The van der Waals surface area contributed by atoms with Crippen LogP contribution < -0.4 is 15.1 Å². The van der Waals surface area contributed by atoms with E-state index >= 15 is 0 Å². The summed E-state index contributed by atoms with van der Waals surface area (Å²) in [6.45, 7) is 0. The Morgan fingerprint density at radius 1 is 0.881 bits per heavy atom. The van der Waals surface area contributed by atoms with Gasteiger partial charge in [0.1, 0.15) is 0 Å². The summed E-state index contributed by atoms with van der Waals surface area (Å²) in [7, 11) is 0. The Morgan fingerprint density at radius 2 is 1.45 bits per heavy atom. The first-order chi connectivity index (χ1) is 19.8. The third-order valence-corrected chi connectivity index (χ3v) is 5.26. The van der Waals surface area contributed by atoms with Gasteiger partial charge >= 0.3 is 24.1 Å². The number of phenols is 1. The molecule has 0 unspecified atom stereocenters. The number of nitrogens with one attached hydrogen (secondary N) is 1. The summed E-state index contributed by atoms with van der Waals surface area (Å²) < 4.78 is 83.9. The number of hydrazone groups is 1. The summed E-state index contributed by atoms with van der Waals surface area (Å²) in [5.74, 6) is -1.85. The van der Waals surface area contributed by atoms with Crippen LogP contribution in [0.1, 0.15) is 5.56 Å². The lowest BCUT2D eigenvalue weighted by Crippen LogP contribution is -2.47. The van der Waals surface area contributed by atoms with Crippen molar-refractivity contribution in [2.24, 2.45) is 5.10 Å². The van der Waals surface area contributed by atoms with Crippen LogP contribution >= 0.6 is 0 Å². The second-order valence-electron chi connectivity index (χ2n) is 8.17. The fourth-order valence-corrected chi connectivity index (χ4v) is 3.47. The molecule has 0 atom stereocenters. The molecule has 3 aromatic carbocycles. The third-order valence-electron chi connectivity index (χ3n) is 5.26. The summed E-state index contributed by atoms with van der Waals surface area (Å²) in [6, 6.07) is 18.4. The highest BCUT2D eigenvalue weighted by Gasteiger charge is 2.59. The molecule has 0 saturated carbocycles. The number of nitro benzene ring substituents is 1. The Kier molecular flexibility index (Phi) is 8.39. The van der Waals surface area contributed by atoms with Crippen LogP contribution in [-0.4, -0.2) is 49.7 Å². The summed E-state index contributed by atoms with van der Waals surface area (Å²) in [6.07, 6.45) is -15.1. The molecule has 42 heavy (non-hydrogen) atoms. The van der Waals surface area contributed by atoms with Crippen LogP contribution in [0.5, 0.6) is 11.8 Å². The molecule has 17 heteroatoms. The van der Waals surface area contributed by atoms with Crippen molar-refractivity contribution in [1.29, 1.82) is 0 Å². The molecule has 2 N–H and O–H groups in total. The topological polar surface area (TPSA) is 139 Å². The summed E-state index contributed by atoms with van der Waals surface area (Å²) in [5, 5.41) is 24.8. The Hall–Kier alpha value is -5.48. The lowest BCUT2D eigenvalue weighted by molar-refractivity contribution is -0.385. The van der Waals surface area contributed by atoms with Crippen LogP contribution in [0.3, 0.4) is 0 Å². The fraction of sp³-hybridized carbons (Fsp3) is 0.120. The predicted molar refractivity (Wildman–Crippen MR) is 137 cm³/mol. The highest BCUT2D eigenvalue weighted by Crippen LogP contribution is 2.37. The maximum atomic E-state index is 13.3. The first kappa shape index (κ1) is 29.5. The van der Waals surface area contributed by atoms with Crippen molar-refractivity contribution in [2.75, 3.05) is 10.3 Å². The fourth-order valence-electron chi connectivity index (χ4n) is 3.47. The Morgan fingerprint density at radius 3 is 1.98 bits per heavy atom. The van der Waals surface area contributed by atoms with E-state index in [9.17, 15) is 41.6 Å². The minimum Gasteiger partial charge on any atom is -0.502 e. The van der Waals surface area contributed by atoms with E-state index in [-0.39, 0.29) is 5.56 Å². The van der Waals surface area contributed by atoms with E-state index < -0.39 is 52.7 Å². The van der Waals surface area contributed by atoms with Gasteiger partial charge in [-0.2, -0.15) is 46.4 Å². The summed E-state index contributed by atoms with van der Waals surface area (Å²) in [5.41, 5.74) is 2.18. The SMILES string of the molecule is O=[N+]([O-])c1cccc(C=NNc2nc(OC(C(F)(F)F)C(F)(F)F)nc(N(c3ccccc3)c3ccccc3)n2)c1O. The predicted octanol–water partition coefficient (Wildman–Crippen LogP) is 6.27. The van der Waals surface area contributed by atoms with E-state index in [1.54, 1.807) is 60.7 Å². The molecule has 0 aliphatic rings. The van der Waals surface area contributed by atoms with Gasteiger partial charge in [0, 0.05) is 23.0 Å². The molecule has 4 rings (SSSR count). The molecule has 0 aliphatic carbocycles. The monoisotopic (exact) mass is 593 g/mol. The minimum absolute atomic E-state index is 0.146.